The summed E-state index contributed by atoms with van der Waals surface area (Å²) in [6.07, 6.45) is -3.02. The molecule has 208 valence electrons. The Morgan fingerprint density at radius 3 is 1.76 bits per heavy atom. The van der Waals surface area contributed by atoms with Crippen LogP contribution in [0.2, 0.25) is 0 Å². The summed E-state index contributed by atoms with van der Waals surface area (Å²) in [7, 11) is -4.42. The molecule has 0 unspecified atom stereocenters. The van der Waals surface area contributed by atoms with Crippen molar-refractivity contribution in [1.82, 2.24) is 19.1 Å². The van der Waals surface area contributed by atoms with Crippen LogP contribution in [0.1, 0.15) is 25.3 Å². The first kappa shape index (κ1) is 28.0. The smallest absolute Gasteiger partial charge is 0.390 e. The highest BCUT2D eigenvalue weighted by atomic mass is 31.2. The molecule has 4 heterocycles. The van der Waals surface area contributed by atoms with Crippen LogP contribution in [-0.2, 0) is 32.4 Å². The van der Waals surface area contributed by atoms with Gasteiger partial charge in [0.1, 0.15) is 49.2 Å². The summed E-state index contributed by atoms with van der Waals surface area (Å²) >= 11 is 0. The number of aliphatic hydroxyl groups excluding tert-OH is 2. The van der Waals surface area contributed by atoms with Crippen molar-refractivity contribution >= 4 is 25.7 Å². The lowest BCUT2D eigenvalue weighted by Gasteiger charge is -2.22. The second-order valence-electron chi connectivity index (χ2n) is 8.45. The number of nitrogens with two attached hydrogens (primary N) is 2. The SMILES string of the molecule is Nc1ccn([C@H]2C[C@H](O)[C@@H](COP(=O)(OCC=O)OC[C@H]3O[C@@H](n4ccc(N)nc4=O)C[C@@H]3O)O2)c(=O)n1. The summed E-state index contributed by atoms with van der Waals surface area (Å²) in [5, 5.41) is 20.7. The molecule has 18 heteroatoms. The number of rotatable bonds is 11. The Bertz CT molecular complexity index is 1220. The number of aromatic nitrogens is 4. The number of carbonyl (C=O) groups excluding carboxylic acids is 1. The normalized spacial score (nSPS) is 27.5. The summed E-state index contributed by atoms with van der Waals surface area (Å²) in [5.74, 6) is 0.0462. The number of phosphoric ester groups is 1. The van der Waals surface area contributed by atoms with Gasteiger partial charge in [0.25, 0.3) is 0 Å². The van der Waals surface area contributed by atoms with E-state index in [0.29, 0.717) is 6.29 Å². The molecule has 2 aromatic rings. The van der Waals surface area contributed by atoms with Gasteiger partial charge in [-0.1, -0.05) is 0 Å². The molecule has 0 bridgehead atoms. The lowest BCUT2D eigenvalue weighted by molar-refractivity contribution is -0.110. The van der Waals surface area contributed by atoms with Gasteiger partial charge in [-0.05, 0) is 12.1 Å². The molecule has 38 heavy (non-hydrogen) atoms. The van der Waals surface area contributed by atoms with E-state index >= 15 is 0 Å². The molecule has 17 nitrogen and oxygen atoms in total. The van der Waals surface area contributed by atoms with Gasteiger partial charge in [-0.25, -0.2) is 14.2 Å². The third-order valence-corrected chi connectivity index (χ3v) is 7.22. The van der Waals surface area contributed by atoms with E-state index in [-0.39, 0.29) is 24.5 Å². The zero-order chi connectivity index (χ0) is 27.4. The number of ether oxygens (including phenoxy) is 2. The highest BCUT2D eigenvalue weighted by Gasteiger charge is 2.41. The van der Waals surface area contributed by atoms with E-state index in [1.807, 2.05) is 0 Å². The topological polar surface area (TPSA) is 243 Å². The van der Waals surface area contributed by atoms with Crippen molar-refractivity contribution < 1.29 is 42.6 Å². The summed E-state index contributed by atoms with van der Waals surface area (Å²) in [4.78, 5) is 42.1. The van der Waals surface area contributed by atoms with E-state index in [9.17, 15) is 29.2 Å². The third kappa shape index (κ3) is 6.51. The second-order valence-corrected chi connectivity index (χ2v) is 10.1. The number of nitrogens with zero attached hydrogens (tertiary/aromatic N) is 4. The quantitative estimate of drug-likeness (QED) is 0.178. The van der Waals surface area contributed by atoms with Crippen molar-refractivity contribution in [1.29, 1.82) is 0 Å². The number of hydrogen-bond donors (Lipinski definition) is 4. The van der Waals surface area contributed by atoms with Crippen LogP contribution in [0.25, 0.3) is 0 Å². The monoisotopic (exact) mass is 558 g/mol. The highest BCUT2D eigenvalue weighted by Crippen LogP contribution is 2.50. The zero-order valence-corrected chi connectivity index (χ0v) is 20.7. The minimum Gasteiger partial charge on any atom is -0.390 e. The number of phosphoric acid groups is 1. The molecular weight excluding hydrogens is 531 g/mol. The predicted octanol–water partition coefficient (Wildman–Crippen LogP) is -1.68. The second kappa shape index (κ2) is 11.8. The van der Waals surface area contributed by atoms with Crippen molar-refractivity contribution in [2.75, 3.05) is 31.3 Å². The van der Waals surface area contributed by atoms with Crippen molar-refractivity contribution in [2.24, 2.45) is 0 Å². The van der Waals surface area contributed by atoms with Crippen LogP contribution in [0.4, 0.5) is 11.6 Å². The molecule has 0 aliphatic carbocycles. The summed E-state index contributed by atoms with van der Waals surface area (Å²) < 4.78 is 42.2. The zero-order valence-electron chi connectivity index (χ0n) is 19.8. The molecule has 2 aliphatic rings. The number of carbonyl (C=O) groups is 1. The van der Waals surface area contributed by atoms with Gasteiger partial charge >= 0.3 is 19.2 Å². The largest absolute Gasteiger partial charge is 0.475 e. The van der Waals surface area contributed by atoms with Crippen molar-refractivity contribution in [2.45, 2.75) is 49.7 Å². The van der Waals surface area contributed by atoms with E-state index in [2.05, 4.69) is 9.97 Å². The van der Waals surface area contributed by atoms with Crippen molar-refractivity contribution in [3.05, 3.63) is 45.5 Å². The van der Waals surface area contributed by atoms with Gasteiger partial charge in [-0.15, -0.1) is 0 Å². The lowest BCUT2D eigenvalue weighted by atomic mass is 10.2. The number of nitrogen functional groups attached to an aromatic ring is 2. The van der Waals surface area contributed by atoms with Gasteiger partial charge in [-0.2, -0.15) is 9.97 Å². The van der Waals surface area contributed by atoms with E-state index in [0.717, 1.165) is 9.13 Å². The Balaban J connectivity index is 1.36. The van der Waals surface area contributed by atoms with Crippen LogP contribution in [0.5, 0.6) is 0 Å². The fraction of sp³-hybridized carbons (Fsp3) is 0.550. The van der Waals surface area contributed by atoms with Crippen LogP contribution >= 0.6 is 7.82 Å². The van der Waals surface area contributed by atoms with Gasteiger partial charge in [0.05, 0.1) is 25.4 Å². The number of aliphatic hydroxyl groups is 2. The van der Waals surface area contributed by atoms with E-state index in [1.165, 1.54) is 24.5 Å². The minimum absolute atomic E-state index is 0.00272. The number of aldehydes is 1. The van der Waals surface area contributed by atoms with Gasteiger partial charge in [-0.3, -0.25) is 22.7 Å². The van der Waals surface area contributed by atoms with Crippen LogP contribution < -0.4 is 22.8 Å². The fourth-order valence-electron chi connectivity index (χ4n) is 3.92. The molecule has 0 amide bonds. The van der Waals surface area contributed by atoms with Gasteiger partial charge < -0.3 is 35.9 Å². The lowest BCUT2D eigenvalue weighted by Crippen LogP contribution is -2.29. The molecule has 4 rings (SSSR count). The summed E-state index contributed by atoms with van der Waals surface area (Å²) in [6.45, 7) is -1.62. The van der Waals surface area contributed by atoms with Gasteiger partial charge in [0, 0.05) is 25.2 Å². The molecule has 2 fully saturated rings. The molecule has 0 saturated carbocycles. The Morgan fingerprint density at radius 2 is 1.37 bits per heavy atom. The van der Waals surface area contributed by atoms with Gasteiger partial charge in [0.2, 0.25) is 0 Å². The Hall–Kier alpha value is -3.02. The summed E-state index contributed by atoms with van der Waals surface area (Å²) in [6, 6.07) is 2.78. The van der Waals surface area contributed by atoms with Crippen LogP contribution in [0, 0.1) is 0 Å². The molecule has 6 N–H and O–H groups in total. The number of anilines is 2. The minimum atomic E-state index is -4.42. The van der Waals surface area contributed by atoms with E-state index in [4.69, 9.17) is 34.5 Å². The average Bonchev–Trinajstić information content (AvgIpc) is 3.42. The summed E-state index contributed by atoms with van der Waals surface area (Å²) in [5.41, 5.74) is 9.60. The molecule has 0 spiro atoms. The first-order chi connectivity index (χ1) is 18.1. The van der Waals surface area contributed by atoms with E-state index in [1.54, 1.807) is 0 Å². The maximum absolute atomic E-state index is 13.1. The standard InChI is InChI=1S/C20H27N6O11P/c21-15-1-3-25(19(30)23-15)17-7-11(28)13(36-17)9-34-38(32,33-6-5-27)35-10-14-12(29)8-18(37-14)26-4-2-16(22)24-20(26)31/h1-5,11-14,17-18,28-29H,6-10H2,(H2,21,23,30)(H2,22,24,31)/t11-,12-,13+,14+,17+,18+/m0/s1. The Labute approximate surface area is 214 Å². The highest BCUT2D eigenvalue weighted by molar-refractivity contribution is 7.48. The van der Waals surface area contributed by atoms with Crippen LogP contribution in [0.3, 0.4) is 0 Å². The first-order valence-electron chi connectivity index (χ1n) is 11.4. The Kier molecular flexibility index (Phi) is 8.69. The third-order valence-electron chi connectivity index (χ3n) is 5.83. The Morgan fingerprint density at radius 1 is 0.921 bits per heavy atom. The molecule has 2 aromatic heterocycles. The molecule has 6 atom stereocenters. The first-order valence-corrected chi connectivity index (χ1v) is 12.9. The maximum atomic E-state index is 13.1. The molecule has 0 aromatic carbocycles. The van der Waals surface area contributed by atoms with Crippen LogP contribution in [0.15, 0.2) is 34.1 Å². The van der Waals surface area contributed by atoms with Crippen LogP contribution in [-0.4, -0.2) is 79.8 Å². The van der Waals surface area contributed by atoms with Crippen molar-refractivity contribution in [3.8, 4) is 0 Å². The molecule has 0 radical (unpaired) electrons. The molecular formula is C20H27N6O11P. The van der Waals surface area contributed by atoms with E-state index < -0.39 is 75.9 Å². The van der Waals surface area contributed by atoms with Crippen molar-refractivity contribution in [3.63, 3.8) is 0 Å². The fourth-order valence-corrected chi connectivity index (χ4v) is 5.05. The maximum Gasteiger partial charge on any atom is 0.475 e. The molecule has 2 aliphatic heterocycles. The average molecular weight is 558 g/mol. The predicted molar refractivity (Wildman–Crippen MR) is 126 cm³/mol. The number of hydrogen-bond acceptors (Lipinski definition) is 15. The molecule has 2 saturated heterocycles. The van der Waals surface area contributed by atoms with Gasteiger partial charge in [0.15, 0.2) is 0 Å².